The van der Waals surface area contributed by atoms with Gasteiger partial charge < -0.3 is 9.72 Å². The van der Waals surface area contributed by atoms with Crippen molar-refractivity contribution in [2.45, 2.75) is 6.92 Å². The highest BCUT2D eigenvalue weighted by molar-refractivity contribution is 6.35. The molecule has 5 heteroatoms. The van der Waals surface area contributed by atoms with Gasteiger partial charge in [0.2, 0.25) is 0 Å². The van der Waals surface area contributed by atoms with Gasteiger partial charge in [0, 0.05) is 10.9 Å². The van der Waals surface area contributed by atoms with Crippen LogP contribution in [0.2, 0.25) is 5.02 Å². The Morgan fingerprint density at radius 1 is 1.27 bits per heavy atom. The van der Waals surface area contributed by atoms with Crippen molar-refractivity contribution in [1.82, 2.24) is 4.98 Å². The van der Waals surface area contributed by atoms with Crippen LogP contribution in [0.1, 0.15) is 17.4 Å². The highest BCUT2D eigenvalue weighted by Crippen LogP contribution is 2.32. The van der Waals surface area contributed by atoms with Gasteiger partial charge in [-0.1, -0.05) is 29.8 Å². The summed E-state index contributed by atoms with van der Waals surface area (Å²) in [6, 6.07) is 11.6. The van der Waals surface area contributed by atoms with E-state index in [1.807, 2.05) is 0 Å². The second-order valence-electron chi connectivity index (χ2n) is 4.81. The van der Waals surface area contributed by atoms with E-state index in [1.54, 1.807) is 43.3 Å². The molecular weight excluding hydrogens is 305 g/mol. The summed E-state index contributed by atoms with van der Waals surface area (Å²) in [5, 5.41) is 1.15. The number of nitrogens with one attached hydrogen (secondary N) is 1. The van der Waals surface area contributed by atoms with Crippen LogP contribution in [0.5, 0.6) is 0 Å². The lowest BCUT2D eigenvalue weighted by molar-refractivity contribution is 0.0520. The van der Waals surface area contributed by atoms with Crippen LogP contribution < -0.4 is 0 Å². The maximum absolute atomic E-state index is 13.9. The monoisotopic (exact) mass is 317 g/mol. The Bertz CT molecular complexity index is 857. The second-order valence-corrected chi connectivity index (χ2v) is 5.21. The molecule has 0 saturated heterocycles. The summed E-state index contributed by atoms with van der Waals surface area (Å²) in [5.41, 5.74) is 2.07. The number of aromatic amines is 1. The van der Waals surface area contributed by atoms with Gasteiger partial charge in [-0.05, 0) is 36.8 Å². The molecule has 0 atom stereocenters. The number of hydrogen-bond acceptors (Lipinski definition) is 2. The van der Waals surface area contributed by atoms with Crippen LogP contribution in [0, 0.1) is 5.82 Å². The first kappa shape index (κ1) is 14.6. The fourth-order valence-electron chi connectivity index (χ4n) is 2.37. The molecule has 0 saturated carbocycles. The fourth-order valence-corrected chi connectivity index (χ4v) is 2.64. The third kappa shape index (κ3) is 2.57. The fraction of sp³-hybridized carbons (Fsp3) is 0.118. The number of ether oxygens (including phenoxy) is 1. The van der Waals surface area contributed by atoms with Crippen LogP contribution in [-0.2, 0) is 4.74 Å². The van der Waals surface area contributed by atoms with Gasteiger partial charge >= 0.3 is 5.97 Å². The molecule has 2 aromatic carbocycles. The van der Waals surface area contributed by atoms with E-state index in [0.29, 0.717) is 34.0 Å². The van der Waals surface area contributed by atoms with E-state index in [4.69, 9.17) is 16.3 Å². The topological polar surface area (TPSA) is 42.1 Å². The number of carbonyl (C=O) groups excluding carboxylic acids is 1. The molecule has 0 fully saturated rings. The normalized spacial score (nSPS) is 10.9. The molecule has 0 aliphatic carbocycles. The highest BCUT2D eigenvalue weighted by atomic mass is 35.5. The lowest BCUT2D eigenvalue weighted by Crippen LogP contribution is -2.04. The molecule has 0 aliphatic heterocycles. The van der Waals surface area contributed by atoms with Crippen molar-refractivity contribution in [3.05, 3.63) is 59.0 Å². The first-order valence-corrected chi connectivity index (χ1v) is 7.22. The van der Waals surface area contributed by atoms with E-state index in [2.05, 4.69) is 4.98 Å². The van der Waals surface area contributed by atoms with Crippen LogP contribution >= 0.6 is 11.6 Å². The first-order chi connectivity index (χ1) is 10.6. The van der Waals surface area contributed by atoms with Crippen LogP contribution in [0.15, 0.2) is 42.5 Å². The third-order valence-corrected chi connectivity index (χ3v) is 3.66. The van der Waals surface area contributed by atoms with Crippen LogP contribution in [0.4, 0.5) is 4.39 Å². The number of benzene rings is 2. The Labute approximate surface area is 131 Å². The van der Waals surface area contributed by atoms with E-state index < -0.39 is 5.97 Å². The molecule has 112 valence electrons. The molecule has 0 aliphatic rings. The Morgan fingerprint density at radius 2 is 2.05 bits per heavy atom. The highest BCUT2D eigenvalue weighted by Gasteiger charge is 2.14. The summed E-state index contributed by atoms with van der Waals surface area (Å²) < 4.78 is 18.9. The average Bonchev–Trinajstić information content (AvgIpc) is 2.93. The molecule has 0 amide bonds. The van der Waals surface area contributed by atoms with Gasteiger partial charge in [0.1, 0.15) is 11.5 Å². The minimum Gasteiger partial charge on any atom is -0.461 e. The van der Waals surface area contributed by atoms with Gasteiger partial charge in [-0.2, -0.15) is 0 Å². The molecule has 0 radical (unpaired) electrons. The SMILES string of the molecule is CCOC(=O)c1cc2cc(-c3ccccc3F)cc(Cl)c2[nH]1. The maximum Gasteiger partial charge on any atom is 0.354 e. The molecule has 3 rings (SSSR count). The Balaban J connectivity index is 2.12. The molecule has 0 bridgehead atoms. The zero-order chi connectivity index (χ0) is 15.7. The number of H-pyrrole nitrogens is 1. The van der Waals surface area contributed by atoms with Crippen molar-refractivity contribution in [2.24, 2.45) is 0 Å². The van der Waals surface area contributed by atoms with Crippen LogP contribution in [-0.4, -0.2) is 17.6 Å². The average molecular weight is 318 g/mol. The lowest BCUT2D eigenvalue weighted by atomic mass is 10.0. The number of esters is 1. The summed E-state index contributed by atoms with van der Waals surface area (Å²) in [5.74, 6) is -0.763. The molecule has 0 unspecified atom stereocenters. The zero-order valence-electron chi connectivity index (χ0n) is 11.8. The summed E-state index contributed by atoms with van der Waals surface area (Å²) in [6.07, 6.45) is 0. The summed E-state index contributed by atoms with van der Waals surface area (Å²) in [4.78, 5) is 14.7. The van der Waals surface area contributed by atoms with Crippen LogP contribution in [0.25, 0.3) is 22.0 Å². The smallest absolute Gasteiger partial charge is 0.354 e. The molecule has 1 heterocycles. The predicted molar refractivity (Wildman–Crippen MR) is 84.7 cm³/mol. The van der Waals surface area contributed by atoms with Gasteiger partial charge in [-0.25, -0.2) is 9.18 Å². The standard InChI is InChI=1S/C17H13ClFNO2/c1-2-22-17(21)15-9-11-7-10(8-13(18)16(11)20-15)12-5-3-4-6-14(12)19/h3-9,20H,2H2,1H3. The van der Waals surface area contributed by atoms with Crippen molar-refractivity contribution in [2.75, 3.05) is 6.61 Å². The Morgan fingerprint density at radius 3 is 2.77 bits per heavy atom. The van der Waals surface area contributed by atoms with Gasteiger partial charge in [0.25, 0.3) is 0 Å². The third-order valence-electron chi connectivity index (χ3n) is 3.36. The molecular formula is C17H13ClFNO2. The summed E-state index contributed by atoms with van der Waals surface area (Å²) in [6.45, 7) is 2.03. The van der Waals surface area contributed by atoms with Crippen molar-refractivity contribution in [1.29, 1.82) is 0 Å². The molecule has 0 spiro atoms. The maximum atomic E-state index is 13.9. The quantitative estimate of drug-likeness (QED) is 0.705. The predicted octanol–water partition coefficient (Wildman–Crippen LogP) is 4.80. The lowest BCUT2D eigenvalue weighted by Gasteiger charge is -2.05. The summed E-state index contributed by atoms with van der Waals surface area (Å²) in [7, 11) is 0. The molecule has 3 nitrogen and oxygen atoms in total. The van der Waals surface area contributed by atoms with Gasteiger partial charge in [0.15, 0.2) is 0 Å². The van der Waals surface area contributed by atoms with E-state index in [0.717, 1.165) is 5.39 Å². The molecule has 22 heavy (non-hydrogen) atoms. The van der Waals surface area contributed by atoms with Crippen molar-refractivity contribution >= 4 is 28.5 Å². The van der Waals surface area contributed by atoms with Gasteiger partial charge in [-0.3, -0.25) is 0 Å². The Hall–Kier alpha value is -2.33. The van der Waals surface area contributed by atoms with Crippen molar-refractivity contribution < 1.29 is 13.9 Å². The number of aromatic nitrogens is 1. The largest absolute Gasteiger partial charge is 0.461 e. The van der Waals surface area contributed by atoms with E-state index >= 15 is 0 Å². The van der Waals surface area contributed by atoms with Crippen molar-refractivity contribution in [3.8, 4) is 11.1 Å². The number of rotatable bonds is 3. The first-order valence-electron chi connectivity index (χ1n) is 6.84. The zero-order valence-corrected chi connectivity index (χ0v) is 12.6. The minimum absolute atomic E-state index is 0.294. The number of halogens is 2. The second kappa shape index (κ2) is 5.81. The molecule has 1 N–H and O–H groups in total. The van der Waals surface area contributed by atoms with E-state index in [1.165, 1.54) is 6.07 Å². The summed E-state index contributed by atoms with van der Waals surface area (Å²) >= 11 is 6.25. The van der Waals surface area contributed by atoms with Gasteiger partial charge in [-0.15, -0.1) is 0 Å². The Kier molecular flexibility index (Phi) is 3.86. The number of fused-ring (bicyclic) bond motifs is 1. The minimum atomic E-state index is -0.442. The van der Waals surface area contributed by atoms with E-state index in [9.17, 15) is 9.18 Å². The van der Waals surface area contributed by atoms with Crippen molar-refractivity contribution in [3.63, 3.8) is 0 Å². The van der Waals surface area contributed by atoms with Crippen LogP contribution in [0.3, 0.4) is 0 Å². The molecule has 1 aromatic heterocycles. The van der Waals surface area contributed by atoms with E-state index in [-0.39, 0.29) is 5.82 Å². The molecule has 3 aromatic rings. The number of carbonyl (C=O) groups is 1. The number of hydrogen-bond donors (Lipinski definition) is 1. The van der Waals surface area contributed by atoms with Gasteiger partial charge in [0.05, 0.1) is 17.1 Å².